The van der Waals surface area contributed by atoms with Crippen LogP contribution >= 0.6 is 0 Å². The van der Waals surface area contributed by atoms with Crippen molar-refractivity contribution >= 4 is 17.6 Å². The summed E-state index contributed by atoms with van der Waals surface area (Å²) in [5, 5.41) is 0. The first-order valence-corrected chi connectivity index (χ1v) is 3.70. The van der Waals surface area contributed by atoms with Crippen LogP contribution in [0.4, 0.5) is 0 Å². The molecule has 2 aliphatic rings. The fourth-order valence-corrected chi connectivity index (χ4v) is 1.19. The molecule has 0 aromatic heterocycles. The Labute approximate surface area is 64.2 Å². The standard InChI is InChI=1S/C7H9N3O/c8-7-9-5(4-1-2-4)3-6(11)10-7/h4H,1-3H2,(H2,8,10,11). The molecule has 1 saturated carbocycles. The SMILES string of the molecule is NC1=NC(=O)CC(C2CC2)=N1. The number of carbonyl (C=O) groups excluding carboxylic acids is 1. The molecule has 0 unspecified atom stereocenters. The maximum atomic E-state index is 10.9. The van der Waals surface area contributed by atoms with Gasteiger partial charge in [-0.3, -0.25) is 4.79 Å². The Balaban J connectivity index is 2.20. The maximum absolute atomic E-state index is 10.9. The Kier molecular flexibility index (Phi) is 1.27. The van der Waals surface area contributed by atoms with E-state index in [2.05, 4.69) is 9.98 Å². The minimum absolute atomic E-state index is 0.128. The number of nitrogens with two attached hydrogens (primary N) is 1. The van der Waals surface area contributed by atoms with Gasteiger partial charge in [0.2, 0.25) is 5.96 Å². The zero-order valence-corrected chi connectivity index (χ0v) is 6.08. The lowest BCUT2D eigenvalue weighted by Gasteiger charge is -2.06. The molecule has 1 amide bonds. The van der Waals surface area contributed by atoms with E-state index in [4.69, 9.17) is 5.73 Å². The van der Waals surface area contributed by atoms with Crippen LogP contribution in [0.1, 0.15) is 19.3 Å². The molecule has 2 rings (SSSR count). The highest BCUT2D eigenvalue weighted by atomic mass is 16.1. The van der Waals surface area contributed by atoms with E-state index >= 15 is 0 Å². The Hall–Kier alpha value is -1.19. The van der Waals surface area contributed by atoms with Crippen LogP contribution in [0.5, 0.6) is 0 Å². The summed E-state index contributed by atoms with van der Waals surface area (Å²) in [7, 11) is 0. The van der Waals surface area contributed by atoms with Crippen LogP contribution in [0.25, 0.3) is 0 Å². The molecule has 2 N–H and O–H groups in total. The largest absolute Gasteiger partial charge is 0.368 e. The van der Waals surface area contributed by atoms with Crippen LogP contribution in [0.3, 0.4) is 0 Å². The first-order valence-electron chi connectivity index (χ1n) is 3.70. The third kappa shape index (κ3) is 1.29. The second kappa shape index (κ2) is 2.15. The molecule has 11 heavy (non-hydrogen) atoms. The second-order valence-corrected chi connectivity index (χ2v) is 2.92. The van der Waals surface area contributed by atoms with Crippen molar-refractivity contribution in [2.75, 3.05) is 0 Å². The highest BCUT2D eigenvalue weighted by Crippen LogP contribution is 2.32. The van der Waals surface area contributed by atoms with Crippen LogP contribution in [0.2, 0.25) is 0 Å². The molecule has 1 fully saturated rings. The number of rotatable bonds is 1. The van der Waals surface area contributed by atoms with Gasteiger partial charge >= 0.3 is 0 Å². The van der Waals surface area contributed by atoms with E-state index in [1.165, 1.54) is 0 Å². The van der Waals surface area contributed by atoms with Gasteiger partial charge in [-0.25, -0.2) is 4.99 Å². The molecule has 58 valence electrons. The van der Waals surface area contributed by atoms with Gasteiger partial charge in [0, 0.05) is 5.71 Å². The van der Waals surface area contributed by atoms with E-state index < -0.39 is 0 Å². The average molecular weight is 151 g/mol. The zero-order valence-electron chi connectivity index (χ0n) is 6.08. The summed E-state index contributed by atoms with van der Waals surface area (Å²) < 4.78 is 0. The van der Waals surface area contributed by atoms with Gasteiger partial charge in [0.15, 0.2) is 0 Å². The van der Waals surface area contributed by atoms with Crippen molar-refractivity contribution in [1.29, 1.82) is 0 Å². The van der Waals surface area contributed by atoms with Crippen molar-refractivity contribution in [3.63, 3.8) is 0 Å². The summed E-state index contributed by atoms with van der Waals surface area (Å²) in [6.45, 7) is 0. The molecule has 0 saturated heterocycles. The summed E-state index contributed by atoms with van der Waals surface area (Å²) in [6.07, 6.45) is 2.68. The highest BCUT2D eigenvalue weighted by molar-refractivity contribution is 6.14. The van der Waals surface area contributed by atoms with Crippen molar-refractivity contribution in [3.8, 4) is 0 Å². The maximum Gasteiger partial charge on any atom is 0.254 e. The van der Waals surface area contributed by atoms with Gasteiger partial charge < -0.3 is 5.73 Å². The first-order chi connectivity index (χ1) is 5.25. The average Bonchev–Trinajstić information content (AvgIpc) is 2.64. The molecule has 0 aromatic carbocycles. The summed E-state index contributed by atoms with van der Waals surface area (Å²) in [4.78, 5) is 18.4. The van der Waals surface area contributed by atoms with Crippen LogP contribution in [-0.2, 0) is 4.79 Å². The van der Waals surface area contributed by atoms with Crippen molar-refractivity contribution in [1.82, 2.24) is 0 Å². The summed E-state index contributed by atoms with van der Waals surface area (Å²) >= 11 is 0. The number of carbonyl (C=O) groups is 1. The molecule has 0 aromatic rings. The third-order valence-corrected chi connectivity index (χ3v) is 1.88. The molecule has 4 nitrogen and oxygen atoms in total. The molecule has 4 heteroatoms. The van der Waals surface area contributed by atoms with Crippen LogP contribution in [0, 0.1) is 5.92 Å². The monoisotopic (exact) mass is 151 g/mol. The molecule has 0 atom stereocenters. The van der Waals surface area contributed by atoms with Gasteiger partial charge in [0.05, 0.1) is 6.42 Å². The lowest BCUT2D eigenvalue weighted by atomic mass is 10.1. The van der Waals surface area contributed by atoms with Crippen molar-refractivity contribution in [3.05, 3.63) is 0 Å². The van der Waals surface area contributed by atoms with E-state index in [0.717, 1.165) is 18.6 Å². The van der Waals surface area contributed by atoms with E-state index in [1.54, 1.807) is 0 Å². The van der Waals surface area contributed by atoms with E-state index in [-0.39, 0.29) is 11.9 Å². The fraction of sp³-hybridized carbons (Fsp3) is 0.571. The third-order valence-electron chi connectivity index (χ3n) is 1.88. The summed E-state index contributed by atoms with van der Waals surface area (Å²) in [5.41, 5.74) is 6.26. The quantitative estimate of drug-likeness (QED) is 0.576. The van der Waals surface area contributed by atoms with Crippen LogP contribution in [-0.4, -0.2) is 17.6 Å². The minimum Gasteiger partial charge on any atom is -0.368 e. The lowest BCUT2D eigenvalue weighted by molar-refractivity contribution is -0.116. The minimum atomic E-state index is -0.153. The van der Waals surface area contributed by atoms with Crippen molar-refractivity contribution in [2.24, 2.45) is 21.6 Å². The van der Waals surface area contributed by atoms with Crippen LogP contribution in [0.15, 0.2) is 9.98 Å². The van der Waals surface area contributed by atoms with Gasteiger partial charge in [-0.1, -0.05) is 0 Å². The number of nitrogens with zero attached hydrogens (tertiary/aromatic N) is 2. The van der Waals surface area contributed by atoms with Gasteiger partial charge in [-0.2, -0.15) is 4.99 Å². The van der Waals surface area contributed by atoms with E-state index in [9.17, 15) is 4.79 Å². The van der Waals surface area contributed by atoms with Crippen molar-refractivity contribution in [2.45, 2.75) is 19.3 Å². The molecule has 0 spiro atoms. The number of guanidine groups is 1. The molecular formula is C7H9N3O. The van der Waals surface area contributed by atoms with Gasteiger partial charge in [0.1, 0.15) is 0 Å². The smallest absolute Gasteiger partial charge is 0.254 e. The topological polar surface area (TPSA) is 67.8 Å². The fourth-order valence-electron chi connectivity index (χ4n) is 1.19. The number of aliphatic imine (C=N–C) groups is 2. The Morgan fingerprint density at radius 3 is 2.64 bits per heavy atom. The predicted molar refractivity (Wildman–Crippen MR) is 41.4 cm³/mol. The Bertz CT molecular complexity index is 263. The van der Waals surface area contributed by atoms with Gasteiger partial charge in [-0.05, 0) is 18.8 Å². The lowest BCUT2D eigenvalue weighted by Crippen LogP contribution is -2.22. The molecule has 0 radical (unpaired) electrons. The van der Waals surface area contributed by atoms with Crippen LogP contribution < -0.4 is 5.73 Å². The number of hydrogen-bond donors (Lipinski definition) is 1. The zero-order chi connectivity index (χ0) is 7.84. The Morgan fingerprint density at radius 2 is 2.09 bits per heavy atom. The van der Waals surface area contributed by atoms with Gasteiger partial charge in [-0.15, -0.1) is 0 Å². The Morgan fingerprint density at radius 1 is 1.36 bits per heavy atom. The number of hydrogen-bond acceptors (Lipinski definition) is 3. The molecular weight excluding hydrogens is 142 g/mol. The normalized spacial score (nSPS) is 24.5. The molecule has 1 aliphatic carbocycles. The van der Waals surface area contributed by atoms with E-state index in [1.807, 2.05) is 0 Å². The second-order valence-electron chi connectivity index (χ2n) is 2.92. The summed E-state index contributed by atoms with van der Waals surface area (Å²) in [5.74, 6) is 0.496. The molecule has 1 heterocycles. The molecule has 0 bridgehead atoms. The highest BCUT2D eigenvalue weighted by Gasteiger charge is 2.30. The first kappa shape index (κ1) is 6.52. The predicted octanol–water partition coefficient (Wildman–Crippen LogP) is 0.0824. The number of amides is 1. The van der Waals surface area contributed by atoms with E-state index in [0.29, 0.717) is 12.3 Å². The van der Waals surface area contributed by atoms with Gasteiger partial charge in [0.25, 0.3) is 5.91 Å². The summed E-state index contributed by atoms with van der Waals surface area (Å²) in [6, 6.07) is 0. The van der Waals surface area contributed by atoms with Crippen molar-refractivity contribution < 1.29 is 4.79 Å². The molecule has 1 aliphatic heterocycles.